The van der Waals surface area contributed by atoms with E-state index in [4.69, 9.17) is 0 Å². The summed E-state index contributed by atoms with van der Waals surface area (Å²) in [4.78, 5) is 0. The summed E-state index contributed by atoms with van der Waals surface area (Å²) < 4.78 is 53.9. The number of phenolic OH excluding ortho intramolecular Hbond substituents is 1. The van der Waals surface area contributed by atoms with Gasteiger partial charge in [0.1, 0.15) is 11.6 Å². The molecule has 0 radical (unpaired) electrons. The molecule has 0 saturated carbocycles. The quantitative estimate of drug-likeness (QED) is 0.524. The zero-order chi connectivity index (χ0) is 19.8. The van der Waals surface area contributed by atoms with E-state index < -0.39 is 17.6 Å². The van der Waals surface area contributed by atoms with Crippen molar-refractivity contribution < 1.29 is 22.7 Å². The molecule has 0 aromatic heterocycles. The average Bonchev–Trinajstić information content (AvgIpc) is 2.59. The molecule has 3 aromatic rings. The molecule has 5 heteroatoms. The van der Waals surface area contributed by atoms with Crippen molar-refractivity contribution in [2.24, 2.45) is 0 Å². The molecule has 27 heavy (non-hydrogen) atoms. The third-order valence-corrected chi connectivity index (χ3v) is 4.46. The highest BCUT2D eigenvalue weighted by atomic mass is 19.4. The maximum Gasteiger partial charge on any atom is 0.417 e. The summed E-state index contributed by atoms with van der Waals surface area (Å²) in [7, 11) is 0. The molecule has 0 aliphatic heterocycles. The molecule has 140 valence electrons. The van der Waals surface area contributed by atoms with E-state index in [9.17, 15) is 22.7 Å². The SMILES string of the molecule is Cc1cc(C)c(O)c(Cc2ccc(-c3ccc(F)cc3)c(C(F)(F)F)c2)c1. The van der Waals surface area contributed by atoms with Gasteiger partial charge in [0, 0.05) is 6.42 Å². The van der Waals surface area contributed by atoms with Crippen molar-refractivity contribution in [3.05, 3.63) is 88.2 Å². The van der Waals surface area contributed by atoms with E-state index in [0.29, 0.717) is 22.3 Å². The van der Waals surface area contributed by atoms with E-state index in [0.717, 1.165) is 23.8 Å². The summed E-state index contributed by atoms with van der Waals surface area (Å²) in [5.74, 6) is -0.411. The molecular weight excluding hydrogens is 356 g/mol. The smallest absolute Gasteiger partial charge is 0.417 e. The Bertz CT molecular complexity index is 973. The van der Waals surface area contributed by atoms with Gasteiger partial charge in [0.05, 0.1) is 5.56 Å². The first kappa shape index (κ1) is 19.0. The molecule has 0 unspecified atom stereocenters. The van der Waals surface area contributed by atoms with Crippen molar-refractivity contribution in [3.63, 3.8) is 0 Å². The molecule has 0 amide bonds. The summed E-state index contributed by atoms with van der Waals surface area (Å²) in [5.41, 5.74) is 2.14. The van der Waals surface area contributed by atoms with Crippen LogP contribution >= 0.6 is 0 Å². The predicted octanol–water partition coefficient (Wildman–Crippen LogP) is 6.42. The molecule has 1 nitrogen and oxygen atoms in total. The second kappa shape index (κ2) is 7.06. The predicted molar refractivity (Wildman–Crippen MR) is 97.2 cm³/mol. The summed E-state index contributed by atoms with van der Waals surface area (Å²) in [5, 5.41) is 10.2. The summed E-state index contributed by atoms with van der Waals surface area (Å²) in [6.45, 7) is 3.62. The lowest BCUT2D eigenvalue weighted by molar-refractivity contribution is -0.137. The van der Waals surface area contributed by atoms with Crippen LogP contribution in [0.15, 0.2) is 54.6 Å². The Morgan fingerprint density at radius 2 is 1.56 bits per heavy atom. The molecule has 0 spiro atoms. The van der Waals surface area contributed by atoms with Gasteiger partial charge in [0.15, 0.2) is 0 Å². The zero-order valence-corrected chi connectivity index (χ0v) is 14.9. The van der Waals surface area contributed by atoms with Crippen LogP contribution in [0.1, 0.15) is 27.8 Å². The Morgan fingerprint density at radius 1 is 0.889 bits per heavy atom. The standard InChI is InChI=1S/C22H18F4O/c1-13-9-14(2)21(27)17(10-13)11-15-3-8-19(20(12-15)22(24,25)26)16-4-6-18(23)7-5-16/h3-10,12,27H,11H2,1-2H3. The van der Waals surface area contributed by atoms with Crippen LogP contribution in [0, 0.1) is 19.7 Å². The average molecular weight is 374 g/mol. The van der Waals surface area contributed by atoms with Gasteiger partial charge in [-0.3, -0.25) is 0 Å². The number of rotatable bonds is 3. The van der Waals surface area contributed by atoms with Crippen LogP contribution in [0.5, 0.6) is 5.75 Å². The van der Waals surface area contributed by atoms with Gasteiger partial charge >= 0.3 is 6.18 Å². The molecule has 0 heterocycles. The molecule has 0 atom stereocenters. The van der Waals surface area contributed by atoms with Crippen LogP contribution in [-0.4, -0.2) is 5.11 Å². The highest BCUT2D eigenvalue weighted by Gasteiger charge is 2.34. The maximum atomic E-state index is 13.6. The van der Waals surface area contributed by atoms with Crippen molar-refractivity contribution in [1.82, 2.24) is 0 Å². The molecule has 0 saturated heterocycles. The van der Waals surface area contributed by atoms with E-state index in [1.807, 2.05) is 13.0 Å². The number of hydrogen-bond acceptors (Lipinski definition) is 1. The fraction of sp³-hybridized carbons (Fsp3) is 0.182. The zero-order valence-electron chi connectivity index (χ0n) is 14.9. The van der Waals surface area contributed by atoms with Crippen molar-refractivity contribution >= 4 is 0 Å². The highest BCUT2D eigenvalue weighted by molar-refractivity contribution is 5.68. The largest absolute Gasteiger partial charge is 0.507 e. The lowest BCUT2D eigenvalue weighted by Crippen LogP contribution is -2.08. The van der Waals surface area contributed by atoms with Crippen molar-refractivity contribution in [2.45, 2.75) is 26.4 Å². The second-order valence-electron chi connectivity index (χ2n) is 6.65. The van der Waals surface area contributed by atoms with Crippen LogP contribution in [0.4, 0.5) is 17.6 Å². The van der Waals surface area contributed by atoms with E-state index in [-0.39, 0.29) is 17.7 Å². The van der Waals surface area contributed by atoms with Crippen LogP contribution < -0.4 is 0 Å². The monoisotopic (exact) mass is 374 g/mol. The first-order chi connectivity index (χ1) is 12.6. The van der Waals surface area contributed by atoms with Gasteiger partial charge < -0.3 is 5.11 Å². The van der Waals surface area contributed by atoms with Gasteiger partial charge in [-0.05, 0) is 59.9 Å². The molecule has 0 aliphatic carbocycles. The van der Waals surface area contributed by atoms with E-state index in [1.165, 1.54) is 18.2 Å². The Hall–Kier alpha value is -2.82. The molecule has 0 aliphatic rings. The molecule has 3 aromatic carbocycles. The minimum atomic E-state index is -4.55. The number of alkyl halides is 3. The van der Waals surface area contributed by atoms with Crippen LogP contribution in [0.3, 0.4) is 0 Å². The maximum absolute atomic E-state index is 13.6. The second-order valence-corrected chi connectivity index (χ2v) is 6.65. The summed E-state index contributed by atoms with van der Waals surface area (Å²) >= 11 is 0. The van der Waals surface area contributed by atoms with E-state index in [2.05, 4.69) is 0 Å². The fourth-order valence-corrected chi connectivity index (χ4v) is 3.22. The number of aromatic hydroxyl groups is 1. The van der Waals surface area contributed by atoms with Crippen LogP contribution in [-0.2, 0) is 12.6 Å². The Kier molecular flexibility index (Phi) is 4.96. The van der Waals surface area contributed by atoms with Crippen LogP contribution in [0.2, 0.25) is 0 Å². The number of benzene rings is 3. The van der Waals surface area contributed by atoms with Crippen molar-refractivity contribution in [2.75, 3.05) is 0 Å². The lowest BCUT2D eigenvalue weighted by atomic mass is 9.93. The third-order valence-electron chi connectivity index (χ3n) is 4.46. The minimum absolute atomic E-state index is 0.00380. The molecule has 1 N–H and O–H groups in total. The normalized spacial score (nSPS) is 11.6. The topological polar surface area (TPSA) is 20.2 Å². The van der Waals surface area contributed by atoms with Gasteiger partial charge in [-0.2, -0.15) is 13.2 Å². The van der Waals surface area contributed by atoms with Crippen LogP contribution in [0.25, 0.3) is 11.1 Å². The Balaban J connectivity index is 2.06. The Morgan fingerprint density at radius 3 is 2.19 bits per heavy atom. The molecule has 0 bridgehead atoms. The van der Waals surface area contributed by atoms with Crippen molar-refractivity contribution in [1.29, 1.82) is 0 Å². The number of hydrogen-bond donors (Lipinski definition) is 1. The van der Waals surface area contributed by atoms with Gasteiger partial charge in [-0.1, -0.05) is 42.0 Å². The van der Waals surface area contributed by atoms with Gasteiger partial charge in [0.25, 0.3) is 0 Å². The van der Waals surface area contributed by atoms with E-state index >= 15 is 0 Å². The lowest BCUT2D eigenvalue weighted by Gasteiger charge is -2.16. The number of aryl methyl sites for hydroxylation is 2. The van der Waals surface area contributed by atoms with Gasteiger partial charge in [-0.15, -0.1) is 0 Å². The Labute approximate surface area is 154 Å². The first-order valence-corrected chi connectivity index (χ1v) is 8.40. The van der Waals surface area contributed by atoms with Crippen molar-refractivity contribution in [3.8, 4) is 16.9 Å². The van der Waals surface area contributed by atoms with Gasteiger partial charge in [0.2, 0.25) is 0 Å². The summed E-state index contributed by atoms with van der Waals surface area (Å²) in [6.07, 6.45) is -4.37. The fourth-order valence-electron chi connectivity index (χ4n) is 3.22. The molecule has 3 rings (SSSR count). The summed E-state index contributed by atoms with van der Waals surface area (Å²) in [6, 6.07) is 12.6. The molecular formula is C22H18F4O. The number of halogens is 4. The minimum Gasteiger partial charge on any atom is -0.507 e. The highest BCUT2D eigenvalue weighted by Crippen LogP contribution is 2.38. The first-order valence-electron chi connectivity index (χ1n) is 8.40. The van der Waals surface area contributed by atoms with Gasteiger partial charge in [-0.25, -0.2) is 4.39 Å². The molecule has 0 fully saturated rings. The van der Waals surface area contributed by atoms with E-state index in [1.54, 1.807) is 19.1 Å². The third kappa shape index (κ3) is 4.13. The number of phenols is 1.